The Morgan fingerprint density at radius 3 is 2.44 bits per heavy atom. The average molecular weight is 288 g/mol. The Morgan fingerprint density at radius 2 is 2.00 bits per heavy atom. The molecule has 0 fully saturated rings. The maximum atomic E-state index is 11.7. The Morgan fingerprint density at radius 1 is 1.39 bits per heavy atom. The molecule has 0 bridgehead atoms. The van der Waals surface area contributed by atoms with Crippen LogP contribution in [-0.4, -0.2) is 31.5 Å². The van der Waals surface area contributed by atoms with Crippen LogP contribution in [0.3, 0.4) is 0 Å². The maximum Gasteiger partial charge on any atom is 0.335 e. The van der Waals surface area contributed by atoms with E-state index in [1.165, 1.54) is 17.8 Å². The number of hydrogen-bond donors (Lipinski definition) is 1. The van der Waals surface area contributed by atoms with Crippen molar-refractivity contribution < 1.29 is 18.3 Å². The maximum absolute atomic E-state index is 11.7. The molecular weight excluding hydrogens is 272 g/mol. The fourth-order valence-electron chi connectivity index (χ4n) is 1.51. The van der Waals surface area contributed by atoms with Gasteiger partial charge in [0, 0.05) is 11.2 Å². The summed E-state index contributed by atoms with van der Waals surface area (Å²) in [4.78, 5) is 11.8. The molecular formula is C12H16O4S2. The van der Waals surface area contributed by atoms with Crippen molar-refractivity contribution in [1.29, 1.82) is 0 Å². The molecule has 0 saturated heterocycles. The van der Waals surface area contributed by atoms with Crippen LogP contribution in [0.2, 0.25) is 0 Å². The summed E-state index contributed by atoms with van der Waals surface area (Å²) >= 11 is 1.44. The molecule has 0 aromatic heterocycles. The molecule has 0 aliphatic rings. The Labute approximate surface area is 111 Å². The minimum Gasteiger partial charge on any atom is -0.478 e. The van der Waals surface area contributed by atoms with E-state index < -0.39 is 15.8 Å². The Balaban J connectivity index is 3.42. The number of sulfone groups is 1. The van der Waals surface area contributed by atoms with Crippen molar-refractivity contribution >= 4 is 27.6 Å². The van der Waals surface area contributed by atoms with Crippen LogP contribution in [0.15, 0.2) is 21.9 Å². The van der Waals surface area contributed by atoms with Crippen LogP contribution in [-0.2, 0) is 9.84 Å². The smallest absolute Gasteiger partial charge is 0.335 e. The second-order valence-corrected chi connectivity index (χ2v) is 7.16. The largest absolute Gasteiger partial charge is 0.478 e. The molecule has 0 aliphatic heterocycles. The number of thioether (sulfide) groups is 1. The van der Waals surface area contributed by atoms with Gasteiger partial charge in [-0.2, -0.15) is 0 Å². The summed E-state index contributed by atoms with van der Waals surface area (Å²) in [6.45, 7) is 3.68. The van der Waals surface area contributed by atoms with Gasteiger partial charge in [-0.15, -0.1) is 11.8 Å². The normalized spacial score (nSPS) is 11.5. The third-order valence-corrected chi connectivity index (χ3v) is 4.91. The summed E-state index contributed by atoms with van der Waals surface area (Å²) in [6, 6.07) is 2.89. The van der Waals surface area contributed by atoms with E-state index in [-0.39, 0.29) is 10.5 Å². The van der Waals surface area contributed by atoms with E-state index in [9.17, 15) is 13.2 Å². The Bertz CT molecular complexity index is 562. The van der Waals surface area contributed by atoms with Gasteiger partial charge in [0.15, 0.2) is 9.84 Å². The predicted molar refractivity (Wildman–Crippen MR) is 72.3 cm³/mol. The van der Waals surface area contributed by atoms with Crippen molar-refractivity contribution in [3.8, 4) is 0 Å². The Kier molecular flexibility index (Phi) is 4.81. The van der Waals surface area contributed by atoms with E-state index in [1.807, 2.05) is 6.92 Å². The number of carbonyl (C=O) groups is 1. The minimum atomic E-state index is -3.42. The van der Waals surface area contributed by atoms with Gasteiger partial charge in [-0.25, -0.2) is 13.2 Å². The summed E-state index contributed by atoms with van der Waals surface area (Å²) in [6.07, 6.45) is 2.02. The molecule has 0 spiro atoms. The number of hydrogen-bond acceptors (Lipinski definition) is 4. The van der Waals surface area contributed by atoms with Gasteiger partial charge in [-0.1, -0.05) is 6.92 Å². The van der Waals surface area contributed by atoms with E-state index >= 15 is 0 Å². The highest BCUT2D eigenvalue weighted by Crippen LogP contribution is 2.30. The van der Waals surface area contributed by atoms with Crippen molar-refractivity contribution in [2.24, 2.45) is 0 Å². The zero-order valence-corrected chi connectivity index (χ0v) is 12.2. The van der Waals surface area contributed by atoms with Crippen LogP contribution < -0.4 is 0 Å². The molecule has 18 heavy (non-hydrogen) atoms. The van der Waals surface area contributed by atoms with Crippen LogP contribution in [0, 0.1) is 6.92 Å². The van der Waals surface area contributed by atoms with Gasteiger partial charge in [-0.3, -0.25) is 0 Å². The number of carboxylic acids is 1. The van der Waals surface area contributed by atoms with Crippen molar-refractivity contribution in [2.75, 3.05) is 12.0 Å². The third-order valence-electron chi connectivity index (χ3n) is 2.38. The quantitative estimate of drug-likeness (QED) is 0.843. The molecule has 4 nitrogen and oxygen atoms in total. The molecule has 1 aromatic rings. The number of rotatable bonds is 5. The van der Waals surface area contributed by atoms with Crippen LogP contribution in [0.4, 0.5) is 0 Å². The molecule has 0 saturated carbocycles. The average Bonchev–Trinajstić information content (AvgIpc) is 2.23. The minimum absolute atomic E-state index is 0.0382. The fourth-order valence-corrected chi connectivity index (χ4v) is 3.78. The number of aryl methyl sites for hydroxylation is 1. The van der Waals surface area contributed by atoms with Gasteiger partial charge in [0.25, 0.3) is 0 Å². The molecule has 100 valence electrons. The Hall–Kier alpha value is -1.01. The van der Waals surface area contributed by atoms with Crippen molar-refractivity contribution in [3.05, 3.63) is 23.3 Å². The topological polar surface area (TPSA) is 71.4 Å². The number of aromatic carboxylic acids is 1. The predicted octanol–water partition coefficient (Wildman–Crippen LogP) is 2.60. The molecule has 1 aromatic carbocycles. The summed E-state index contributed by atoms with van der Waals surface area (Å²) in [7, 11) is -3.42. The standard InChI is InChI=1S/C12H16O4S2/c1-4-5-17-10-6-8(2)9(12(13)14)7-11(10)18(3,15)16/h6-7H,4-5H2,1-3H3,(H,13,14). The lowest BCUT2D eigenvalue weighted by atomic mass is 10.1. The zero-order chi connectivity index (χ0) is 13.9. The highest BCUT2D eigenvalue weighted by atomic mass is 32.2. The van der Waals surface area contributed by atoms with Crippen LogP contribution in [0.1, 0.15) is 29.3 Å². The van der Waals surface area contributed by atoms with Crippen molar-refractivity contribution in [1.82, 2.24) is 0 Å². The van der Waals surface area contributed by atoms with Crippen LogP contribution in [0.5, 0.6) is 0 Å². The monoisotopic (exact) mass is 288 g/mol. The number of benzene rings is 1. The van der Waals surface area contributed by atoms with Gasteiger partial charge in [0.05, 0.1) is 10.5 Å². The highest BCUT2D eigenvalue weighted by Gasteiger charge is 2.18. The highest BCUT2D eigenvalue weighted by molar-refractivity contribution is 8.00. The molecule has 0 aliphatic carbocycles. The van der Waals surface area contributed by atoms with Gasteiger partial charge in [-0.05, 0) is 36.8 Å². The van der Waals surface area contributed by atoms with Gasteiger partial charge >= 0.3 is 5.97 Å². The summed E-state index contributed by atoms with van der Waals surface area (Å²) in [5, 5.41) is 9.02. The first kappa shape index (κ1) is 15.0. The zero-order valence-electron chi connectivity index (χ0n) is 10.6. The van der Waals surface area contributed by atoms with Crippen molar-refractivity contribution in [2.45, 2.75) is 30.1 Å². The molecule has 1 rings (SSSR count). The fraction of sp³-hybridized carbons (Fsp3) is 0.417. The second-order valence-electron chi connectivity index (χ2n) is 4.04. The first-order valence-corrected chi connectivity index (χ1v) is 8.36. The lowest BCUT2D eigenvalue weighted by Crippen LogP contribution is -2.06. The van der Waals surface area contributed by atoms with Gasteiger partial charge < -0.3 is 5.11 Å². The van der Waals surface area contributed by atoms with E-state index in [4.69, 9.17) is 5.11 Å². The van der Waals surface area contributed by atoms with Crippen LogP contribution in [0.25, 0.3) is 0 Å². The van der Waals surface area contributed by atoms with Gasteiger partial charge in [0.1, 0.15) is 0 Å². The number of carboxylic acid groups (broad SMARTS) is 1. The van der Waals surface area contributed by atoms with E-state index in [0.717, 1.165) is 18.4 Å². The third kappa shape index (κ3) is 3.49. The van der Waals surface area contributed by atoms with E-state index in [0.29, 0.717) is 10.5 Å². The molecule has 0 unspecified atom stereocenters. The lowest BCUT2D eigenvalue weighted by Gasteiger charge is -2.10. The molecule has 0 amide bonds. The first-order chi connectivity index (χ1) is 8.27. The molecule has 6 heteroatoms. The first-order valence-electron chi connectivity index (χ1n) is 5.48. The van der Waals surface area contributed by atoms with Gasteiger partial charge in [0.2, 0.25) is 0 Å². The van der Waals surface area contributed by atoms with Crippen LogP contribution >= 0.6 is 11.8 Å². The van der Waals surface area contributed by atoms with Crippen molar-refractivity contribution in [3.63, 3.8) is 0 Å². The SMILES string of the molecule is CCCSc1cc(C)c(C(=O)O)cc1S(C)(=O)=O. The molecule has 0 atom stereocenters. The summed E-state index contributed by atoms with van der Waals surface area (Å²) in [5.41, 5.74) is 0.616. The lowest BCUT2D eigenvalue weighted by molar-refractivity contribution is 0.0695. The van der Waals surface area contributed by atoms with E-state index in [2.05, 4.69) is 0 Å². The molecule has 0 heterocycles. The summed E-state index contributed by atoms with van der Waals surface area (Å²) < 4.78 is 23.4. The van der Waals surface area contributed by atoms with E-state index in [1.54, 1.807) is 13.0 Å². The molecule has 1 N–H and O–H groups in total. The summed E-state index contributed by atoms with van der Waals surface area (Å²) in [5.74, 6) is -0.307. The molecule has 0 radical (unpaired) electrons. The second kappa shape index (κ2) is 5.75.